The number of esters is 1. The summed E-state index contributed by atoms with van der Waals surface area (Å²) in [7, 11) is -0.202. The van der Waals surface area contributed by atoms with Crippen molar-refractivity contribution in [2.75, 3.05) is 12.4 Å². The second kappa shape index (κ2) is 7.09. The predicted molar refractivity (Wildman–Crippen MR) is 95.0 cm³/mol. The molecule has 0 aliphatic carbocycles. The quantitative estimate of drug-likeness (QED) is 0.349. The zero-order chi connectivity index (χ0) is 16.2. The van der Waals surface area contributed by atoms with Crippen LogP contribution in [0.5, 0.6) is 0 Å². The van der Waals surface area contributed by atoms with Gasteiger partial charge < -0.3 is 10.1 Å². The number of carbonyl (C=O) groups excluding carboxylic acids is 2. The van der Waals surface area contributed by atoms with Crippen LogP contribution in [0.25, 0.3) is 0 Å². The molecule has 0 radical (unpaired) electrons. The summed E-state index contributed by atoms with van der Waals surface area (Å²) in [5.41, 5.74) is 4.93. The number of amides is 1. The van der Waals surface area contributed by atoms with E-state index in [-0.39, 0.29) is 5.91 Å². The molecule has 6 heteroatoms. The summed E-state index contributed by atoms with van der Waals surface area (Å²) in [6.07, 6.45) is 0. The van der Waals surface area contributed by atoms with Gasteiger partial charge >= 0.3 is 5.97 Å². The number of ether oxygens (including phenoxy) is 1. The lowest BCUT2D eigenvalue weighted by Crippen LogP contribution is -2.16. The first-order valence-electron chi connectivity index (χ1n) is 6.36. The van der Waals surface area contributed by atoms with Crippen molar-refractivity contribution in [3.63, 3.8) is 0 Å². The maximum atomic E-state index is 11.7. The van der Waals surface area contributed by atoms with Crippen LogP contribution in [-0.4, -0.2) is 27.1 Å². The third kappa shape index (κ3) is 5.51. The lowest BCUT2D eigenvalue weighted by molar-refractivity contribution is -0.114. The Morgan fingerprint density at radius 3 is 2.38 bits per heavy atom. The third-order valence-electron chi connectivity index (χ3n) is 2.40. The Labute approximate surface area is 139 Å². The number of anilines is 1. The second-order valence-corrected chi connectivity index (χ2v) is 11.5. The minimum absolute atomic E-state index is 0.205. The molecule has 21 heavy (non-hydrogen) atoms. The van der Waals surface area contributed by atoms with Crippen LogP contribution in [0, 0.1) is 15.0 Å². The van der Waals surface area contributed by atoms with Crippen molar-refractivity contribution in [3.8, 4) is 11.5 Å². The molecule has 4 nitrogen and oxygen atoms in total. The topological polar surface area (TPSA) is 55.4 Å². The minimum Gasteiger partial charge on any atom is -0.465 e. The molecule has 0 heterocycles. The van der Waals surface area contributed by atoms with E-state index in [9.17, 15) is 9.59 Å². The van der Waals surface area contributed by atoms with Crippen molar-refractivity contribution in [1.82, 2.24) is 0 Å². The van der Waals surface area contributed by atoms with Crippen molar-refractivity contribution in [2.45, 2.75) is 26.6 Å². The van der Waals surface area contributed by atoms with E-state index in [0.29, 0.717) is 16.8 Å². The van der Waals surface area contributed by atoms with Crippen LogP contribution in [0.1, 0.15) is 22.8 Å². The van der Waals surface area contributed by atoms with Gasteiger partial charge in [-0.1, -0.05) is 25.6 Å². The number of halogens is 1. The summed E-state index contributed by atoms with van der Waals surface area (Å²) in [5.74, 6) is 2.48. The number of benzene rings is 1. The van der Waals surface area contributed by atoms with Crippen molar-refractivity contribution in [1.29, 1.82) is 0 Å². The molecular formula is C15H18INO3Si. The van der Waals surface area contributed by atoms with E-state index in [1.165, 1.54) is 14.0 Å². The molecule has 0 saturated carbocycles. The van der Waals surface area contributed by atoms with Crippen molar-refractivity contribution in [2.24, 2.45) is 0 Å². The molecule has 0 atom stereocenters. The Balaban J connectivity index is 3.41. The fourth-order valence-electron chi connectivity index (χ4n) is 1.49. The SMILES string of the molecule is COC(=O)c1cc(NC(C)=O)c(C#C[Si](C)(C)C)cc1I. The minimum atomic E-state index is -1.53. The van der Waals surface area contributed by atoms with E-state index >= 15 is 0 Å². The first-order chi connectivity index (χ1) is 9.64. The van der Waals surface area contributed by atoms with Crippen LogP contribution in [0.2, 0.25) is 19.6 Å². The highest BCUT2D eigenvalue weighted by Crippen LogP contribution is 2.23. The molecule has 0 fully saturated rings. The van der Waals surface area contributed by atoms with E-state index in [0.717, 1.165) is 3.57 Å². The van der Waals surface area contributed by atoms with E-state index in [1.54, 1.807) is 12.1 Å². The monoisotopic (exact) mass is 415 g/mol. The van der Waals surface area contributed by atoms with Gasteiger partial charge in [-0.05, 0) is 34.7 Å². The Morgan fingerprint density at radius 1 is 1.29 bits per heavy atom. The van der Waals surface area contributed by atoms with Crippen LogP contribution >= 0.6 is 22.6 Å². The number of nitrogens with one attached hydrogen (secondary N) is 1. The van der Waals surface area contributed by atoms with Gasteiger partial charge in [0.05, 0.1) is 18.4 Å². The number of hydrogen-bond acceptors (Lipinski definition) is 3. The summed E-state index contributed by atoms with van der Waals surface area (Å²) in [6.45, 7) is 7.86. The molecule has 1 amide bonds. The summed E-state index contributed by atoms with van der Waals surface area (Å²) in [5, 5.41) is 2.72. The highest BCUT2D eigenvalue weighted by atomic mass is 127. The van der Waals surface area contributed by atoms with Crippen molar-refractivity contribution in [3.05, 3.63) is 26.8 Å². The Kier molecular flexibility index (Phi) is 5.98. The van der Waals surface area contributed by atoms with E-state index in [1.807, 2.05) is 0 Å². The molecule has 1 rings (SSSR count). The van der Waals surface area contributed by atoms with Crippen LogP contribution in [0.15, 0.2) is 12.1 Å². The smallest absolute Gasteiger partial charge is 0.339 e. The molecule has 0 unspecified atom stereocenters. The third-order valence-corrected chi connectivity index (χ3v) is 4.16. The van der Waals surface area contributed by atoms with Gasteiger partial charge in [-0.2, -0.15) is 0 Å². The fourth-order valence-corrected chi connectivity index (χ4v) is 2.69. The molecule has 1 aromatic carbocycles. The lowest BCUT2D eigenvalue weighted by Gasteiger charge is -2.11. The Hall–Kier alpha value is -1.33. The summed E-state index contributed by atoms with van der Waals surface area (Å²) < 4.78 is 5.49. The molecular weight excluding hydrogens is 397 g/mol. The zero-order valence-corrected chi connectivity index (χ0v) is 15.9. The van der Waals surface area contributed by atoms with Gasteiger partial charge in [0.1, 0.15) is 8.07 Å². The fraction of sp³-hybridized carbons (Fsp3) is 0.333. The summed E-state index contributed by atoms with van der Waals surface area (Å²) in [6, 6.07) is 3.41. The maximum absolute atomic E-state index is 11.7. The maximum Gasteiger partial charge on any atom is 0.339 e. The average Bonchev–Trinajstić information content (AvgIpc) is 2.36. The van der Waals surface area contributed by atoms with Gasteiger partial charge in [-0.25, -0.2) is 4.79 Å². The molecule has 1 N–H and O–H groups in total. The van der Waals surface area contributed by atoms with Crippen LogP contribution in [-0.2, 0) is 9.53 Å². The van der Waals surface area contributed by atoms with Gasteiger partial charge in [0.25, 0.3) is 0 Å². The first kappa shape index (κ1) is 17.7. The van der Waals surface area contributed by atoms with Crippen molar-refractivity contribution < 1.29 is 14.3 Å². The van der Waals surface area contributed by atoms with Crippen LogP contribution in [0.3, 0.4) is 0 Å². The highest BCUT2D eigenvalue weighted by molar-refractivity contribution is 14.1. The molecule has 0 bridgehead atoms. The summed E-state index contributed by atoms with van der Waals surface area (Å²) in [4.78, 5) is 23.1. The van der Waals surface area contributed by atoms with Gasteiger partial charge in [-0.3, -0.25) is 4.79 Å². The second-order valence-electron chi connectivity index (χ2n) is 5.55. The molecule has 112 valence electrons. The van der Waals surface area contributed by atoms with E-state index in [4.69, 9.17) is 4.74 Å². The number of rotatable bonds is 2. The van der Waals surface area contributed by atoms with Gasteiger partial charge in [0, 0.05) is 16.1 Å². The molecule has 0 aromatic heterocycles. The first-order valence-corrected chi connectivity index (χ1v) is 10.9. The van der Waals surface area contributed by atoms with Crippen molar-refractivity contribution >= 4 is 48.2 Å². The molecule has 0 aliphatic heterocycles. The van der Waals surface area contributed by atoms with Gasteiger partial charge in [0.2, 0.25) is 5.91 Å². The molecule has 1 aromatic rings. The molecule has 0 spiro atoms. The normalized spacial score (nSPS) is 10.4. The number of carbonyl (C=O) groups is 2. The largest absolute Gasteiger partial charge is 0.465 e. The highest BCUT2D eigenvalue weighted by Gasteiger charge is 2.15. The van der Waals surface area contributed by atoms with E-state index in [2.05, 4.69) is 59.0 Å². The standard InChI is InChI=1S/C15H18INO3Si/c1-10(18)17-14-9-12(15(19)20-2)13(16)8-11(14)6-7-21(3,4)5/h8-9H,1-5H3,(H,17,18). The van der Waals surface area contributed by atoms with E-state index < -0.39 is 14.0 Å². The Morgan fingerprint density at radius 2 is 1.90 bits per heavy atom. The zero-order valence-electron chi connectivity index (χ0n) is 12.8. The van der Waals surface area contributed by atoms with Crippen LogP contribution in [0.4, 0.5) is 5.69 Å². The number of methoxy groups -OCH3 is 1. The molecule has 0 aliphatic rings. The number of hydrogen-bond donors (Lipinski definition) is 1. The predicted octanol–water partition coefficient (Wildman–Crippen LogP) is 3.27. The summed E-state index contributed by atoms with van der Waals surface area (Å²) >= 11 is 2.07. The Bertz CT molecular complexity index is 639. The average molecular weight is 415 g/mol. The molecule has 0 saturated heterocycles. The van der Waals surface area contributed by atoms with Gasteiger partial charge in [0.15, 0.2) is 0 Å². The van der Waals surface area contributed by atoms with Gasteiger partial charge in [-0.15, -0.1) is 5.54 Å². The lowest BCUT2D eigenvalue weighted by atomic mass is 10.1. The van der Waals surface area contributed by atoms with Crippen LogP contribution < -0.4 is 5.32 Å².